The molecule has 0 bridgehead atoms. The molecule has 1 aliphatic heterocycles. The van der Waals surface area contributed by atoms with Crippen LogP contribution < -0.4 is 4.72 Å². The summed E-state index contributed by atoms with van der Waals surface area (Å²) < 4.78 is 41.7. The Morgan fingerprint density at radius 1 is 1.18 bits per heavy atom. The summed E-state index contributed by atoms with van der Waals surface area (Å²) in [5, 5.41) is 4.35. The van der Waals surface area contributed by atoms with Crippen molar-refractivity contribution in [3.8, 4) is 0 Å². The minimum atomic E-state index is -3.60. The predicted octanol–water partition coefficient (Wildman–Crippen LogP) is 2.77. The number of benzene rings is 1. The van der Waals surface area contributed by atoms with Crippen LogP contribution in [0.15, 0.2) is 36.9 Å². The molecule has 0 spiro atoms. The zero-order chi connectivity index (χ0) is 24.2. The van der Waals surface area contributed by atoms with Gasteiger partial charge in [0.25, 0.3) is 0 Å². The number of amides is 1. The molecule has 1 N–H and O–H groups in total. The van der Waals surface area contributed by atoms with Gasteiger partial charge >= 0.3 is 0 Å². The van der Waals surface area contributed by atoms with E-state index >= 15 is 0 Å². The standard InChI is InChI=1S/C24H34FN5O3S/c1-34(32,33)28-22(15-19-7-9-21(25)10-8-19)23(31)29-13-11-24(12-14-29,16-30-18-26-17-27-30)20-5-3-2-4-6-20/h7-10,17-18,20,22,28H,2-6,11-16H2,1H3/t22-/m1/s1. The molecule has 2 aliphatic rings. The van der Waals surface area contributed by atoms with Crippen molar-refractivity contribution in [1.82, 2.24) is 24.4 Å². The van der Waals surface area contributed by atoms with E-state index in [-0.39, 0.29) is 23.6 Å². The van der Waals surface area contributed by atoms with Crippen molar-refractivity contribution < 1.29 is 17.6 Å². The molecule has 1 atom stereocenters. The van der Waals surface area contributed by atoms with Gasteiger partial charge in [0.1, 0.15) is 24.5 Å². The third kappa shape index (κ3) is 6.21. The van der Waals surface area contributed by atoms with E-state index in [1.54, 1.807) is 29.7 Å². The molecule has 8 nitrogen and oxygen atoms in total. The zero-order valence-corrected chi connectivity index (χ0v) is 20.5. The van der Waals surface area contributed by atoms with E-state index in [0.717, 1.165) is 25.6 Å². The summed E-state index contributed by atoms with van der Waals surface area (Å²) >= 11 is 0. The van der Waals surface area contributed by atoms with Gasteiger partial charge in [0.2, 0.25) is 15.9 Å². The summed E-state index contributed by atoms with van der Waals surface area (Å²) in [5.74, 6) is -0.00947. The van der Waals surface area contributed by atoms with Crippen molar-refractivity contribution in [3.63, 3.8) is 0 Å². The Balaban J connectivity index is 1.48. The van der Waals surface area contributed by atoms with Crippen LogP contribution in [-0.4, -0.2) is 59.4 Å². The van der Waals surface area contributed by atoms with E-state index in [2.05, 4.69) is 14.8 Å². The van der Waals surface area contributed by atoms with E-state index in [1.807, 2.05) is 4.68 Å². The number of carbonyl (C=O) groups is 1. The summed E-state index contributed by atoms with van der Waals surface area (Å²) in [7, 11) is -3.60. The lowest BCUT2D eigenvalue weighted by Gasteiger charge is -2.48. The molecule has 1 aromatic carbocycles. The predicted molar refractivity (Wildman–Crippen MR) is 127 cm³/mol. The Kier molecular flexibility index (Phi) is 7.67. The average molecular weight is 492 g/mol. The van der Waals surface area contributed by atoms with Gasteiger partial charge in [0.15, 0.2) is 0 Å². The largest absolute Gasteiger partial charge is 0.341 e. The summed E-state index contributed by atoms with van der Waals surface area (Å²) in [5.41, 5.74) is 0.761. The highest BCUT2D eigenvalue weighted by atomic mass is 32.2. The van der Waals surface area contributed by atoms with Crippen LogP contribution in [0.2, 0.25) is 0 Å². The Labute approximate surface area is 201 Å². The van der Waals surface area contributed by atoms with E-state index in [0.29, 0.717) is 24.6 Å². The van der Waals surface area contributed by atoms with E-state index in [9.17, 15) is 17.6 Å². The highest BCUT2D eigenvalue weighted by molar-refractivity contribution is 7.88. The van der Waals surface area contributed by atoms with Crippen molar-refractivity contribution in [2.24, 2.45) is 11.3 Å². The number of nitrogens with one attached hydrogen (secondary N) is 1. The van der Waals surface area contributed by atoms with Crippen molar-refractivity contribution >= 4 is 15.9 Å². The summed E-state index contributed by atoms with van der Waals surface area (Å²) in [6.45, 7) is 1.95. The summed E-state index contributed by atoms with van der Waals surface area (Å²) in [6, 6.07) is 4.89. The molecule has 1 saturated heterocycles. The van der Waals surface area contributed by atoms with Crippen LogP contribution in [0.4, 0.5) is 4.39 Å². The van der Waals surface area contributed by atoms with Crippen LogP contribution in [0.5, 0.6) is 0 Å². The molecule has 0 unspecified atom stereocenters. The van der Waals surface area contributed by atoms with Gasteiger partial charge in [-0.3, -0.25) is 9.48 Å². The lowest BCUT2D eigenvalue weighted by molar-refractivity contribution is -0.136. The minimum Gasteiger partial charge on any atom is -0.341 e. The highest BCUT2D eigenvalue weighted by Crippen LogP contribution is 2.47. The third-order valence-electron chi connectivity index (χ3n) is 7.49. The van der Waals surface area contributed by atoms with Gasteiger partial charge in [-0.25, -0.2) is 22.5 Å². The topological polar surface area (TPSA) is 97.2 Å². The fraction of sp³-hybridized carbons (Fsp3) is 0.625. The minimum absolute atomic E-state index is 0.0572. The molecule has 1 saturated carbocycles. The number of hydrogen-bond donors (Lipinski definition) is 1. The van der Waals surface area contributed by atoms with E-state index in [1.165, 1.54) is 44.2 Å². The molecule has 10 heteroatoms. The first-order chi connectivity index (χ1) is 16.2. The van der Waals surface area contributed by atoms with Crippen LogP contribution >= 0.6 is 0 Å². The Morgan fingerprint density at radius 3 is 2.44 bits per heavy atom. The van der Waals surface area contributed by atoms with Gasteiger partial charge in [0.05, 0.1) is 6.26 Å². The molecular formula is C24H34FN5O3S. The fourth-order valence-electron chi connectivity index (χ4n) is 5.73. The summed E-state index contributed by atoms with van der Waals surface area (Å²) in [6.07, 6.45) is 12.4. The van der Waals surface area contributed by atoms with Gasteiger partial charge in [0, 0.05) is 19.6 Å². The number of piperidine rings is 1. The molecule has 2 aromatic rings. The van der Waals surface area contributed by atoms with E-state index in [4.69, 9.17) is 0 Å². The van der Waals surface area contributed by atoms with Gasteiger partial charge in [-0.05, 0) is 61.1 Å². The highest BCUT2D eigenvalue weighted by Gasteiger charge is 2.43. The Morgan fingerprint density at radius 2 is 1.85 bits per heavy atom. The molecule has 4 rings (SSSR count). The number of carbonyl (C=O) groups excluding carboxylic acids is 1. The second-order valence-corrected chi connectivity index (χ2v) is 11.7. The number of halogens is 1. The number of hydrogen-bond acceptors (Lipinski definition) is 5. The second-order valence-electron chi connectivity index (χ2n) is 9.89. The molecule has 1 aromatic heterocycles. The van der Waals surface area contributed by atoms with Crippen molar-refractivity contribution in [2.45, 2.75) is 64.0 Å². The van der Waals surface area contributed by atoms with Crippen LogP contribution in [-0.2, 0) is 27.8 Å². The number of likely N-dealkylation sites (tertiary alicyclic amines) is 1. The van der Waals surface area contributed by atoms with Crippen LogP contribution in [0.25, 0.3) is 0 Å². The van der Waals surface area contributed by atoms with Gasteiger partial charge in [-0.1, -0.05) is 31.4 Å². The smallest absolute Gasteiger partial charge is 0.241 e. The molecule has 0 radical (unpaired) electrons. The van der Waals surface area contributed by atoms with Crippen LogP contribution in [0.1, 0.15) is 50.5 Å². The SMILES string of the molecule is CS(=O)(=O)N[C@H](Cc1ccc(F)cc1)C(=O)N1CCC(Cn2cncn2)(C2CCCCC2)CC1. The molecular weight excluding hydrogens is 457 g/mol. The molecule has 34 heavy (non-hydrogen) atoms. The fourth-order valence-corrected chi connectivity index (χ4v) is 6.44. The van der Waals surface area contributed by atoms with Crippen molar-refractivity contribution in [1.29, 1.82) is 0 Å². The third-order valence-corrected chi connectivity index (χ3v) is 8.21. The van der Waals surface area contributed by atoms with Crippen LogP contribution in [0.3, 0.4) is 0 Å². The van der Waals surface area contributed by atoms with Gasteiger partial charge in [-0.2, -0.15) is 5.10 Å². The van der Waals surface area contributed by atoms with E-state index < -0.39 is 16.1 Å². The maximum Gasteiger partial charge on any atom is 0.241 e. The van der Waals surface area contributed by atoms with Gasteiger partial charge < -0.3 is 4.90 Å². The lowest BCUT2D eigenvalue weighted by atomic mass is 9.63. The maximum atomic E-state index is 13.4. The van der Waals surface area contributed by atoms with Crippen LogP contribution in [0, 0.1) is 17.2 Å². The average Bonchev–Trinajstić information content (AvgIpc) is 3.33. The van der Waals surface area contributed by atoms with Gasteiger partial charge in [-0.15, -0.1) is 0 Å². The number of rotatable bonds is 8. The monoisotopic (exact) mass is 491 g/mol. The summed E-state index contributed by atoms with van der Waals surface area (Å²) in [4.78, 5) is 19.3. The first kappa shape index (κ1) is 24.8. The normalized spacial score (nSPS) is 20.2. The molecule has 186 valence electrons. The molecule has 1 aliphatic carbocycles. The molecule has 2 heterocycles. The lowest BCUT2D eigenvalue weighted by Crippen LogP contribution is -2.54. The first-order valence-corrected chi connectivity index (χ1v) is 14.0. The quantitative estimate of drug-likeness (QED) is 0.613. The first-order valence-electron chi connectivity index (χ1n) is 12.1. The number of aromatic nitrogens is 3. The Bertz CT molecular complexity index is 1040. The molecule has 2 fully saturated rings. The molecule has 1 amide bonds. The van der Waals surface area contributed by atoms with Crippen molar-refractivity contribution in [2.75, 3.05) is 19.3 Å². The number of nitrogens with zero attached hydrogens (tertiary/aromatic N) is 4. The number of sulfonamides is 1. The second kappa shape index (κ2) is 10.5. The maximum absolute atomic E-state index is 13.4. The zero-order valence-electron chi connectivity index (χ0n) is 19.7. The van der Waals surface area contributed by atoms with Crippen molar-refractivity contribution in [3.05, 3.63) is 48.3 Å². The Hall–Kier alpha value is -2.33.